The van der Waals surface area contributed by atoms with E-state index in [-0.39, 0.29) is 23.3 Å². The van der Waals surface area contributed by atoms with E-state index in [1.54, 1.807) is 26.0 Å². The minimum atomic E-state index is -1.04. The van der Waals surface area contributed by atoms with Crippen molar-refractivity contribution in [3.63, 3.8) is 0 Å². The van der Waals surface area contributed by atoms with Gasteiger partial charge in [-0.25, -0.2) is 9.18 Å². The number of hydrogen-bond acceptors (Lipinski definition) is 3. The number of allylic oxidation sites excluding steroid dienone is 2. The van der Waals surface area contributed by atoms with Crippen LogP contribution in [0.2, 0.25) is 0 Å². The first kappa shape index (κ1) is 23.5. The van der Waals surface area contributed by atoms with E-state index in [0.717, 1.165) is 28.2 Å². The van der Waals surface area contributed by atoms with Crippen LogP contribution in [0.3, 0.4) is 0 Å². The Morgan fingerprint density at radius 2 is 1.94 bits per heavy atom. The van der Waals surface area contributed by atoms with E-state index in [1.807, 2.05) is 13.8 Å². The number of halogens is 1. The van der Waals surface area contributed by atoms with Crippen LogP contribution in [0.5, 0.6) is 5.75 Å². The Balaban J connectivity index is 1.63. The first-order valence-corrected chi connectivity index (χ1v) is 11.7. The second-order valence-electron chi connectivity index (χ2n) is 8.02. The zero-order valence-corrected chi connectivity index (χ0v) is 19.6. The number of hydrogen-bond donors (Lipinski definition) is 0. The Morgan fingerprint density at radius 1 is 1.22 bits per heavy atom. The first-order valence-electron chi connectivity index (χ1n) is 10.3. The highest BCUT2D eigenvalue weighted by Gasteiger charge is 2.32. The van der Waals surface area contributed by atoms with Gasteiger partial charge in [0.1, 0.15) is 17.3 Å². The molecule has 2 aromatic rings. The predicted octanol–water partition coefficient (Wildman–Crippen LogP) is 5.09. The van der Waals surface area contributed by atoms with Gasteiger partial charge in [0.2, 0.25) is 4.91 Å². The van der Waals surface area contributed by atoms with E-state index in [2.05, 4.69) is 36.0 Å². The van der Waals surface area contributed by atoms with Gasteiger partial charge in [0.25, 0.3) is 0 Å². The topological polar surface area (TPSA) is 35.5 Å². The second-order valence-corrected chi connectivity index (χ2v) is 10.1. The van der Waals surface area contributed by atoms with Gasteiger partial charge >= 0.3 is 5.97 Å². The van der Waals surface area contributed by atoms with E-state index < -0.39 is 11.6 Å². The maximum Gasteiger partial charge on any atom is 0.345 e. The number of carbonyl (C=O) groups is 1. The summed E-state index contributed by atoms with van der Waals surface area (Å²) in [6.45, 7) is 7.06. The van der Waals surface area contributed by atoms with Crippen LogP contribution in [-0.4, -0.2) is 23.9 Å². The van der Waals surface area contributed by atoms with Crippen LogP contribution in [-0.2, 0) is 20.4 Å². The summed E-state index contributed by atoms with van der Waals surface area (Å²) in [6.07, 6.45) is 8.78. The quantitative estimate of drug-likeness (QED) is 0.362. The molecule has 0 amide bonds. The lowest BCUT2D eigenvalue weighted by Crippen LogP contribution is -2.29. The minimum Gasteiger partial charge on any atom is -0.481 e. The van der Waals surface area contributed by atoms with Crippen molar-refractivity contribution >= 4 is 16.9 Å². The fraction of sp³-hybridized carbons (Fsp3) is 0.296. The summed E-state index contributed by atoms with van der Waals surface area (Å²) in [4.78, 5) is 14.6. The van der Waals surface area contributed by atoms with Crippen LogP contribution in [0.25, 0.3) is 0 Å². The molecule has 0 fully saturated rings. The normalized spacial score (nSPS) is 15.2. The summed E-state index contributed by atoms with van der Waals surface area (Å²) >= 11 is 0. The standard InChI is InChI=1S/C27H26FO3S/c1-6-23-11-8-14-32(23)24-15-19(2)26(20(3)16-24)30-18-25(29)31-27(4,5)13-12-21-9-7-10-22(28)17-21/h1,7,9-11,15-17H,8,14,18H2,2-5H3/q+1. The number of esters is 1. The number of rotatable bonds is 5. The van der Waals surface area contributed by atoms with Gasteiger partial charge in [0, 0.05) is 24.1 Å². The molecule has 0 N–H and O–H groups in total. The molecule has 5 heteroatoms. The molecule has 1 unspecified atom stereocenters. The molecule has 1 atom stereocenters. The van der Waals surface area contributed by atoms with Gasteiger partial charge in [0.15, 0.2) is 17.1 Å². The molecule has 2 aromatic carbocycles. The molecule has 0 radical (unpaired) electrons. The van der Waals surface area contributed by atoms with Crippen molar-refractivity contribution in [2.75, 3.05) is 12.4 Å². The molecular weight excluding hydrogens is 423 g/mol. The maximum absolute atomic E-state index is 13.3. The van der Waals surface area contributed by atoms with Crippen LogP contribution in [0.15, 0.2) is 52.3 Å². The van der Waals surface area contributed by atoms with Gasteiger partial charge in [-0.05, 0) is 69.0 Å². The highest BCUT2D eigenvalue weighted by Crippen LogP contribution is 2.33. The number of ether oxygens (including phenoxy) is 2. The lowest BCUT2D eigenvalue weighted by atomic mass is 10.1. The molecule has 0 saturated heterocycles. The van der Waals surface area contributed by atoms with Gasteiger partial charge in [-0.3, -0.25) is 0 Å². The average molecular weight is 450 g/mol. The van der Waals surface area contributed by atoms with Gasteiger partial charge in [-0.2, -0.15) is 0 Å². The predicted molar refractivity (Wildman–Crippen MR) is 127 cm³/mol. The minimum absolute atomic E-state index is 0.0641. The van der Waals surface area contributed by atoms with E-state index in [9.17, 15) is 9.18 Å². The third-order valence-corrected chi connectivity index (χ3v) is 7.08. The van der Waals surface area contributed by atoms with Crippen molar-refractivity contribution in [3.8, 4) is 29.9 Å². The fourth-order valence-corrected chi connectivity index (χ4v) is 5.60. The molecule has 0 spiro atoms. The molecule has 0 aromatic heterocycles. The summed E-state index contributed by atoms with van der Waals surface area (Å²) < 4.78 is 24.6. The third-order valence-electron chi connectivity index (χ3n) is 4.81. The molecule has 32 heavy (non-hydrogen) atoms. The maximum atomic E-state index is 13.3. The Morgan fingerprint density at radius 3 is 2.59 bits per heavy atom. The molecular formula is C27H26FO3S+. The number of aryl methyl sites for hydroxylation is 2. The van der Waals surface area contributed by atoms with Crippen molar-refractivity contribution in [2.45, 2.75) is 44.6 Å². The van der Waals surface area contributed by atoms with Crippen LogP contribution in [0, 0.1) is 43.8 Å². The smallest absolute Gasteiger partial charge is 0.345 e. The van der Waals surface area contributed by atoms with Crippen molar-refractivity contribution in [2.24, 2.45) is 0 Å². The summed E-state index contributed by atoms with van der Waals surface area (Å²) in [5.41, 5.74) is 1.38. The number of carbonyl (C=O) groups excluding carboxylic acids is 1. The molecule has 164 valence electrons. The summed E-state index contributed by atoms with van der Waals surface area (Å²) in [6, 6.07) is 10.1. The fourth-order valence-electron chi connectivity index (χ4n) is 3.43. The van der Waals surface area contributed by atoms with Gasteiger partial charge in [-0.15, -0.1) is 6.42 Å². The summed E-state index contributed by atoms with van der Waals surface area (Å²) in [7, 11) is -0.0641. The van der Waals surface area contributed by atoms with Gasteiger partial charge in [0.05, 0.1) is 10.9 Å². The lowest BCUT2D eigenvalue weighted by molar-refractivity contribution is -0.154. The van der Waals surface area contributed by atoms with E-state index in [1.165, 1.54) is 17.0 Å². The molecule has 1 aliphatic heterocycles. The van der Waals surface area contributed by atoms with E-state index in [0.29, 0.717) is 11.3 Å². The lowest BCUT2D eigenvalue weighted by Gasteiger charge is -2.19. The second kappa shape index (κ2) is 9.98. The molecule has 0 bridgehead atoms. The van der Waals surface area contributed by atoms with Crippen LogP contribution in [0.1, 0.15) is 37.0 Å². The van der Waals surface area contributed by atoms with Gasteiger partial charge in [-0.1, -0.05) is 17.9 Å². The van der Waals surface area contributed by atoms with Crippen LogP contribution in [0.4, 0.5) is 4.39 Å². The molecule has 1 aliphatic rings. The van der Waals surface area contributed by atoms with Crippen molar-refractivity contribution in [1.82, 2.24) is 0 Å². The molecule has 3 nitrogen and oxygen atoms in total. The zero-order valence-electron chi connectivity index (χ0n) is 18.8. The number of terminal acetylenes is 1. The highest BCUT2D eigenvalue weighted by atomic mass is 32.2. The molecule has 3 rings (SSSR count). The van der Waals surface area contributed by atoms with Gasteiger partial charge < -0.3 is 9.47 Å². The molecule has 0 saturated carbocycles. The van der Waals surface area contributed by atoms with Crippen molar-refractivity contribution < 1.29 is 18.7 Å². The Bertz CT molecular complexity index is 1140. The van der Waals surface area contributed by atoms with Crippen LogP contribution >= 0.6 is 0 Å². The zero-order chi connectivity index (χ0) is 23.3. The Labute approximate surface area is 192 Å². The van der Waals surface area contributed by atoms with Crippen molar-refractivity contribution in [1.29, 1.82) is 0 Å². The Kier molecular flexibility index (Phi) is 7.33. The average Bonchev–Trinajstić information content (AvgIpc) is 3.20. The highest BCUT2D eigenvalue weighted by molar-refractivity contribution is 8.01. The summed E-state index contributed by atoms with van der Waals surface area (Å²) in [5.74, 6) is 9.33. The van der Waals surface area contributed by atoms with E-state index >= 15 is 0 Å². The Hall–Kier alpha value is -3.15. The molecule has 0 aliphatic carbocycles. The first-order chi connectivity index (χ1) is 15.2. The van der Waals surface area contributed by atoms with E-state index in [4.69, 9.17) is 15.9 Å². The van der Waals surface area contributed by atoms with Crippen molar-refractivity contribution in [3.05, 3.63) is 69.9 Å². The monoisotopic (exact) mass is 449 g/mol. The largest absolute Gasteiger partial charge is 0.481 e. The third kappa shape index (κ3) is 5.96. The summed E-state index contributed by atoms with van der Waals surface area (Å²) in [5, 5.41) is 0. The SMILES string of the molecule is C#CC1=CCC[S+]1c1cc(C)c(OCC(=O)OC(C)(C)C#Cc2cccc(F)c2)c(C)c1. The molecule has 1 heterocycles. The number of benzene rings is 2. The van der Waals surface area contributed by atoms with Crippen LogP contribution < -0.4 is 4.74 Å².